The zero-order valence-corrected chi connectivity index (χ0v) is 14.6. The van der Waals surface area contributed by atoms with Gasteiger partial charge in [0.15, 0.2) is 5.11 Å². The third-order valence-electron chi connectivity index (χ3n) is 4.30. The number of piperidine rings is 1. The standard InChI is InChI=1S/C19H21ClN2S/c20-16-9-11-17(12-10-16)21-19(23)22-13-5-4-8-18(22)14-15-6-2-1-3-7-15/h1-3,6-7,9-12,18H,4-5,8,13-14H2,(H,21,23). The molecule has 23 heavy (non-hydrogen) atoms. The number of nitrogens with one attached hydrogen (secondary N) is 1. The summed E-state index contributed by atoms with van der Waals surface area (Å²) >= 11 is 11.6. The lowest BCUT2D eigenvalue weighted by Gasteiger charge is -2.38. The fraction of sp³-hybridized carbons (Fsp3) is 0.316. The SMILES string of the molecule is S=C(Nc1ccc(Cl)cc1)N1CCCCC1Cc1ccccc1. The maximum absolute atomic E-state index is 5.94. The zero-order chi connectivity index (χ0) is 16.1. The Morgan fingerprint density at radius 1 is 1.09 bits per heavy atom. The van der Waals surface area contributed by atoms with Gasteiger partial charge in [-0.1, -0.05) is 41.9 Å². The molecule has 1 aliphatic heterocycles. The first-order chi connectivity index (χ1) is 11.2. The number of rotatable bonds is 3. The second-order valence-corrected chi connectivity index (χ2v) is 6.79. The van der Waals surface area contributed by atoms with Crippen molar-refractivity contribution < 1.29 is 0 Å². The highest BCUT2D eigenvalue weighted by molar-refractivity contribution is 7.80. The summed E-state index contributed by atoms with van der Waals surface area (Å²) in [6.07, 6.45) is 4.71. The van der Waals surface area contributed by atoms with Gasteiger partial charge in [0.2, 0.25) is 0 Å². The first-order valence-electron chi connectivity index (χ1n) is 8.09. The molecule has 2 nitrogen and oxygen atoms in total. The zero-order valence-electron chi connectivity index (χ0n) is 13.0. The topological polar surface area (TPSA) is 15.3 Å². The third kappa shape index (κ3) is 4.46. The largest absolute Gasteiger partial charge is 0.346 e. The van der Waals surface area contributed by atoms with Crippen molar-refractivity contribution in [2.75, 3.05) is 11.9 Å². The van der Waals surface area contributed by atoms with E-state index in [1.165, 1.54) is 24.8 Å². The van der Waals surface area contributed by atoms with Crippen LogP contribution < -0.4 is 5.32 Å². The Balaban J connectivity index is 1.67. The maximum Gasteiger partial charge on any atom is 0.173 e. The van der Waals surface area contributed by atoms with E-state index in [0.29, 0.717) is 6.04 Å². The van der Waals surface area contributed by atoms with Crippen molar-refractivity contribution >= 4 is 34.6 Å². The molecular weight excluding hydrogens is 324 g/mol. The van der Waals surface area contributed by atoms with E-state index in [2.05, 4.69) is 40.5 Å². The summed E-state index contributed by atoms with van der Waals surface area (Å²) < 4.78 is 0. The van der Waals surface area contributed by atoms with Crippen LogP contribution in [0.1, 0.15) is 24.8 Å². The van der Waals surface area contributed by atoms with Crippen molar-refractivity contribution in [3.05, 3.63) is 65.2 Å². The predicted octanol–water partition coefficient (Wildman–Crippen LogP) is 5.13. The van der Waals surface area contributed by atoms with E-state index in [0.717, 1.165) is 28.8 Å². The van der Waals surface area contributed by atoms with Gasteiger partial charge in [0.05, 0.1) is 0 Å². The number of halogens is 1. The minimum absolute atomic E-state index is 0.471. The molecule has 2 aromatic carbocycles. The molecular formula is C19H21ClN2S. The molecule has 3 rings (SSSR count). The van der Waals surface area contributed by atoms with Crippen LogP contribution in [0.15, 0.2) is 54.6 Å². The number of hydrogen-bond donors (Lipinski definition) is 1. The van der Waals surface area contributed by atoms with E-state index in [-0.39, 0.29) is 0 Å². The molecule has 0 saturated carbocycles. The van der Waals surface area contributed by atoms with Crippen LogP contribution in [-0.4, -0.2) is 22.6 Å². The molecule has 2 aromatic rings. The van der Waals surface area contributed by atoms with Crippen molar-refractivity contribution in [3.8, 4) is 0 Å². The minimum Gasteiger partial charge on any atom is -0.346 e. The fourth-order valence-corrected chi connectivity index (χ4v) is 3.58. The Bertz CT molecular complexity index is 642. The van der Waals surface area contributed by atoms with Crippen molar-refractivity contribution in [1.29, 1.82) is 0 Å². The van der Waals surface area contributed by atoms with Gasteiger partial charge < -0.3 is 10.2 Å². The molecule has 1 heterocycles. The van der Waals surface area contributed by atoms with Gasteiger partial charge in [0.25, 0.3) is 0 Å². The molecule has 0 aromatic heterocycles. The Labute approximate surface area is 148 Å². The van der Waals surface area contributed by atoms with Gasteiger partial charge >= 0.3 is 0 Å². The average molecular weight is 345 g/mol. The molecule has 0 aliphatic carbocycles. The monoisotopic (exact) mass is 344 g/mol. The Hall–Kier alpha value is -1.58. The number of thiocarbonyl (C=S) groups is 1. The molecule has 1 N–H and O–H groups in total. The lowest BCUT2D eigenvalue weighted by atomic mass is 9.96. The minimum atomic E-state index is 0.471. The Kier molecular flexibility index (Phi) is 5.52. The summed E-state index contributed by atoms with van der Waals surface area (Å²) in [5.41, 5.74) is 2.36. The van der Waals surface area contributed by atoms with Crippen molar-refractivity contribution in [1.82, 2.24) is 4.90 Å². The van der Waals surface area contributed by atoms with Gasteiger partial charge in [-0.15, -0.1) is 0 Å². The average Bonchev–Trinajstić information content (AvgIpc) is 2.58. The number of hydrogen-bond acceptors (Lipinski definition) is 1. The summed E-state index contributed by atoms with van der Waals surface area (Å²) in [5, 5.41) is 4.90. The van der Waals surface area contributed by atoms with E-state index in [4.69, 9.17) is 23.8 Å². The molecule has 0 radical (unpaired) electrons. The summed E-state index contributed by atoms with van der Waals surface area (Å²) in [6, 6.07) is 18.8. The summed E-state index contributed by atoms with van der Waals surface area (Å²) in [6.45, 7) is 1.02. The Morgan fingerprint density at radius 3 is 2.57 bits per heavy atom. The molecule has 0 amide bonds. The van der Waals surface area contributed by atoms with Crippen LogP contribution in [0.3, 0.4) is 0 Å². The highest BCUT2D eigenvalue weighted by atomic mass is 35.5. The van der Waals surface area contributed by atoms with Gasteiger partial charge in [-0.2, -0.15) is 0 Å². The molecule has 1 unspecified atom stereocenters. The van der Waals surface area contributed by atoms with E-state index in [1.807, 2.05) is 24.3 Å². The van der Waals surface area contributed by atoms with Crippen LogP contribution in [0, 0.1) is 0 Å². The van der Waals surface area contributed by atoms with Gasteiger partial charge in [-0.05, 0) is 67.7 Å². The smallest absolute Gasteiger partial charge is 0.173 e. The second kappa shape index (κ2) is 7.80. The first kappa shape index (κ1) is 16.3. The van der Waals surface area contributed by atoms with Gasteiger partial charge in [-0.3, -0.25) is 0 Å². The van der Waals surface area contributed by atoms with Crippen LogP contribution in [0.5, 0.6) is 0 Å². The lowest BCUT2D eigenvalue weighted by Crippen LogP contribution is -2.46. The fourth-order valence-electron chi connectivity index (χ4n) is 3.09. The van der Waals surface area contributed by atoms with Crippen LogP contribution in [0.2, 0.25) is 5.02 Å². The van der Waals surface area contributed by atoms with Gasteiger partial charge in [-0.25, -0.2) is 0 Å². The normalized spacial score (nSPS) is 17.8. The van der Waals surface area contributed by atoms with Crippen LogP contribution in [-0.2, 0) is 6.42 Å². The number of benzene rings is 2. The second-order valence-electron chi connectivity index (χ2n) is 5.97. The Morgan fingerprint density at radius 2 is 1.83 bits per heavy atom. The summed E-state index contributed by atoms with van der Waals surface area (Å²) in [5.74, 6) is 0. The number of likely N-dealkylation sites (tertiary alicyclic amines) is 1. The van der Waals surface area contributed by atoms with Gasteiger partial charge in [0, 0.05) is 23.3 Å². The first-order valence-corrected chi connectivity index (χ1v) is 8.88. The number of nitrogens with zero attached hydrogens (tertiary/aromatic N) is 1. The summed E-state index contributed by atoms with van der Waals surface area (Å²) in [7, 11) is 0. The highest BCUT2D eigenvalue weighted by Crippen LogP contribution is 2.22. The molecule has 0 spiro atoms. The van der Waals surface area contributed by atoms with E-state index in [1.54, 1.807) is 0 Å². The van der Waals surface area contributed by atoms with Crippen molar-refractivity contribution in [3.63, 3.8) is 0 Å². The number of anilines is 1. The van der Waals surface area contributed by atoms with Crippen molar-refractivity contribution in [2.45, 2.75) is 31.7 Å². The molecule has 120 valence electrons. The quantitative estimate of drug-likeness (QED) is 0.777. The van der Waals surface area contributed by atoms with Crippen LogP contribution in [0.25, 0.3) is 0 Å². The lowest BCUT2D eigenvalue weighted by molar-refractivity contribution is 0.243. The van der Waals surface area contributed by atoms with Crippen LogP contribution >= 0.6 is 23.8 Å². The third-order valence-corrected chi connectivity index (χ3v) is 4.89. The molecule has 4 heteroatoms. The van der Waals surface area contributed by atoms with E-state index >= 15 is 0 Å². The highest BCUT2D eigenvalue weighted by Gasteiger charge is 2.24. The molecule has 1 aliphatic rings. The van der Waals surface area contributed by atoms with Crippen LogP contribution in [0.4, 0.5) is 5.69 Å². The molecule has 1 fully saturated rings. The van der Waals surface area contributed by atoms with Crippen molar-refractivity contribution in [2.24, 2.45) is 0 Å². The van der Waals surface area contributed by atoms with E-state index in [9.17, 15) is 0 Å². The predicted molar refractivity (Wildman–Crippen MR) is 102 cm³/mol. The molecule has 0 bridgehead atoms. The summed E-state index contributed by atoms with van der Waals surface area (Å²) in [4.78, 5) is 2.35. The maximum atomic E-state index is 5.94. The molecule has 1 saturated heterocycles. The van der Waals surface area contributed by atoms with Gasteiger partial charge in [0.1, 0.15) is 0 Å². The van der Waals surface area contributed by atoms with E-state index < -0.39 is 0 Å². The molecule has 1 atom stereocenters.